The van der Waals surface area contributed by atoms with E-state index in [9.17, 15) is 0 Å². The Balaban J connectivity index is 1.67. The largest absolute Gasteiger partial charge is 0.327 e. The standard InChI is InChI=1S/C11H20N2/c12-11-5-3-4-10(11)6-9-13-7-1-2-8-13/h1-2,10-11H,3-9,12H2/t10-,11+/m0/s1. The normalized spacial score (nSPS) is 34.5. The smallest absolute Gasteiger partial charge is 0.0166 e. The van der Waals surface area contributed by atoms with E-state index < -0.39 is 0 Å². The monoisotopic (exact) mass is 180 g/mol. The zero-order valence-electron chi connectivity index (χ0n) is 8.28. The topological polar surface area (TPSA) is 29.3 Å². The summed E-state index contributed by atoms with van der Waals surface area (Å²) in [6, 6.07) is 0.496. The number of hydrogen-bond acceptors (Lipinski definition) is 2. The van der Waals surface area contributed by atoms with E-state index >= 15 is 0 Å². The average molecular weight is 180 g/mol. The molecule has 0 radical (unpaired) electrons. The van der Waals surface area contributed by atoms with Crippen LogP contribution in [0.25, 0.3) is 0 Å². The van der Waals surface area contributed by atoms with Crippen LogP contribution in [0.1, 0.15) is 25.7 Å². The van der Waals surface area contributed by atoms with Gasteiger partial charge in [-0.3, -0.25) is 4.90 Å². The lowest BCUT2D eigenvalue weighted by Crippen LogP contribution is -2.29. The number of nitrogens with two attached hydrogens (primary N) is 1. The number of rotatable bonds is 3. The molecule has 1 aliphatic carbocycles. The molecule has 1 fully saturated rings. The zero-order chi connectivity index (χ0) is 9.10. The van der Waals surface area contributed by atoms with Crippen LogP contribution in [0.15, 0.2) is 12.2 Å². The molecule has 0 amide bonds. The van der Waals surface area contributed by atoms with Crippen molar-refractivity contribution in [3.8, 4) is 0 Å². The van der Waals surface area contributed by atoms with E-state index in [4.69, 9.17) is 5.73 Å². The van der Waals surface area contributed by atoms with Gasteiger partial charge in [-0.25, -0.2) is 0 Å². The summed E-state index contributed by atoms with van der Waals surface area (Å²) >= 11 is 0. The average Bonchev–Trinajstić information content (AvgIpc) is 2.72. The van der Waals surface area contributed by atoms with Gasteiger partial charge in [-0.1, -0.05) is 18.6 Å². The lowest BCUT2D eigenvalue weighted by molar-refractivity contribution is 0.304. The van der Waals surface area contributed by atoms with Gasteiger partial charge in [0.2, 0.25) is 0 Å². The first-order valence-electron chi connectivity index (χ1n) is 5.49. The van der Waals surface area contributed by atoms with Crippen LogP contribution in [0, 0.1) is 5.92 Å². The maximum absolute atomic E-state index is 6.03. The number of nitrogens with zero attached hydrogens (tertiary/aromatic N) is 1. The summed E-state index contributed by atoms with van der Waals surface area (Å²) in [5.74, 6) is 0.806. The first kappa shape index (κ1) is 9.22. The molecule has 2 atom stereocenters. The predicted molar refractivity (Wildman–Crippen MR) is 55.5 cm³/mol. The fourth-order valence-corrected chi connectivity index (χ4v) is 2.48. The first-order chi connectivity index (χ1) is 6.36. The van der Waals surface area contributed by atoms with Crippen LogP contribution in [0.4, 0.5) is 0 Å². The van der Waals surface area contributed by atoms with Crippen LogP contribution in [0.3, 0.4) is 0 Å². The lowest BCUT2D eigenvalue weighted by atomic mass is 10.0. The Bertz CT molecular complexity index is 181. The molecule has 0 saturated heterocycles. The van der Waals surface area contributed by atoms with Gasteiger partial charge < -0.3 is 5.73 Å². The molecule has 0 bridgehead atoms. The summed E-state index contributed by atoms with van der Waals surface area (Å²) in [5, 5.41) is 0. The molecule has 13 heavy (non-hydrogen) atoms. The number of hydrogen-bond donors (Lipinski definition) is 1. The molecule has 74 valence electrons. The predicted octanol–water partition coefficient (Wildman–Crippen LogP) is 1.38. The van der Waals surface area contributed by atoms with Crippen LogP contribution < -0.4 is 5.73 Å². The molecule has 1 saturated carbocycles. The van der Waals surface area contributed by atoms with Crippen molar-refractivity contribution in [2.75, 3.05) is 19.6 Å². The molecule has 0 unspecified atom stereocenters. The Labute approximate surface area is 80.8 Å². The van der Waals surface area contributed by atoms with Crippen molar-refractivity contribution in [2.24, 2.45) is 11.7 Å². The highest BCUT2D eigenvalue weighted by Crippen LogP contribution is 2.26. The molecule has 2 nitrogen and oxygen atoms in total. The van der Waals surface area contributed by atoms with Gasteiger partial charge in [0.1, 0.15) is 0 Å². The van der Waals surface area contributed by atoms with Gasteiger partial charge in [0.25, 0.3) is 0 Å². The Morgan fingerprint density at radius 2 is 2.00 bits per heavy atom. The highest BCUT2D eigenvalue weighted by atomic mass is 15.1. The second-order valence-electron chi connectivity index (χ2n) is 4.37. The van der Waals surface area contributed by atoms with Crippen LogP contribution in [0.5, 0.6) is 0 Å². The molecule has 0 spiro atoms. The van der Waals surface area contributed by atoms with Gasteiger partial charge >= 0.3 is 0 Å². The van der Waals surface area contributed by atoms with E-state index in [-0.39, 0.29) is 0 Å². The Morgan fingerprint density at radius 1 is 1.23 bits per heavy atom. The molecule has 2 aliphatic rings. The van der Waals surface area contributed by atoms with Crippen molar-refractivity contribution >= 4 is 0 Å². The van der Waals surface area contributed by atoms with E-state index in [1.165, 1.54) is 32.2 Å². The van der Waals surface area contributed by atoms with Gasteiger partial charge in [0.15, 0.2) is 0 Å². The van der Waals surface area contributed by atoms with Crippen molar-refractivity contribution in [1.82, 2.24) is 4.90 Å². The summed E-state index contributed by atoms with van der Waals surface area (Å²) in [5.41, 5.74) is 6.03. The quantitative estimate of drug-likeness (QED) is 0.665. The van der Waals surface area contributed by atoms with Crippen molar-refractivity contribution in [2.45, 2.75) is 31.7 Å². The van der Waals surface area contributed by atoms with Crippen molar-refractivity contribution in [3.05, 3.63) is 12.2 Å². The van der Waals surface area contributed by atoms with Gasteiger partial charge in [0.05, 0.1) is 0 Å². The summed E-state index contributed by atoms with van der Waals surface area (Å²) in [6.45, 7) is 3.55. The van der Waals surface area contributed by atoms with Crippen LogP contribution >= 0.6 is 0 Å². The van der Waals surface area contributed by atoms with E-state index in [0.717, 1.165) is 19.0 Å². The van der Waals surface area contributed by atoms with Gasteiger partial charge in [-0.15, -0.1) is 0 Å². The van der Waals surface area contributed by atoms with Crippen molar-refractivity contribution in [1.29, 1.82) is 0 Å². The van der Waals surface area contributed by atoms with E-state index in [1.54, 1.807) is 0 Å². The fourth-order valence-electron chi connectivity index (χ4n) is 2.48. The Morgan fingerprint density at radius 3 is 2.62 bits per heavy atom. The third-order valence-electron chi connectivity index (χ3n) is 3.43. The zero-order valence-corrected chi connectivity index (χ0v) is 8.28. The first-order valence-corrected chi connectivity index (χ1v) is 5.49. The van der Waals surface area contributed by atoms with Crippen molar-refractivity contribution < 1.29 is 0 Å². The third kappa shape index (κ3) is 2.32. The van der Waals surface area contributed by atoms with Crippen LogP contribution in [-0.4, -0.2) is 30.6 Å². The Hall–Kier alpha value is -0.340. The van der Waals surface area contributed by atoms with Crippen LogP contribution in [-0.2, 0) is 0 Å². The minimum absolute atomic E-state index is 0.496. The molecule has 0 aromatic heterocycles. The highest BCUT2D eigenvalue weighted by Gasteiger charge is 2.23. The Kier molecular flexibility index (Phi) is 3.01. The molecule has 1 aliphatic heterocycles. The molecular weight excluding hydrogens is 160 g/mol. The molecule has 0 aromatic rings. The molecule has 2 heteroatoms. The van der Waals surface area contributed by atoms with Gasteiger partial charge in [-0.2, -0.15) is 0 Å². The van der Waals surface area contributed by atoms with E-state index in [2.05, 4.69) is 17.1 Å². The second-order valence-corrected chi connectivity index (χ2v) is 4.37. The third-order valence-corrected chi connectivity index (χ3v) is 3.43. The van der Waals surface area contributed by atoms with Gasteiger partial charge in [0, 0.05) is 19.1 Å². The molecular formula is C11H20N2. The lowest BCUT2D eigenvalue weighted by Gasteiger charge is -2.20. The second kappa shape index (κ2) is 4.25. The van der Waals surface area contributed by atoms with Crippen LogP contribution in [0.2, 0.25) is 0 Å². The van der Waals surface area contributed by atoms with Gasteiger partial charge in [-0.05, 0) is 31.7 Å². The minimum atomic E-state index is 0.496. The van der Waals surface area contributed by atoms with E-state index in [1.807, 2.05) is 0 Å². The fraction of sp³-hybridized carbons (Fsp3) is 0.818. The minimum Gasteiger partial charge on any atom is -0.327 e. The molecule has 2 N–H and O–H groups in total. The summed E-state index contributed by atoms with van der Waals surface area (Å²) in [7, 11) is 0. The molecule has 1 heterocycles. The summed E-state index contributed by atoms with van der Waals surface area (Å²) < 4.78 is 0. The maximum atomic E-state index is 6.03. The SMILES string of the molecule is N[C@@H]1CCC[C@H]1CCN1CC=CC1. The maximum Gasteiger partial charge on any atom is 0.0166 e. The summed E-state index contributed by atoms with van der Waals surface area (Å²) in [4.78, 5) is 2.49. The molecule has 2 rings (SSSR count). The molecule has 0 aromatic carbocycles. The summed E-state index contributed by atoms with van der Waals surface area (Å²) in [6.07, 6.45) is 9.79. The van der Waals surface area contributed by atoms with Crippen molar-refractivity contribution in [3.63, 3.8) is 0 Å². The van der Waals surface area contributed by atoms with E-state index in [0.29, 0.717) is 6.04 Å². The highest BCUT2D eigenvalue weighted by molar-refractivity contribution is 4.95.